The molecule has 6 nitrogen and oxygen atoms in total. The zero-order valence-corrected chi connectivity index (χ0v) is 14.3. The molecule has 6 heteroatoms. The Hall–Kier alpha value is -3.02. The largest absolute Gasteiger partial charge is 0.360 e. The van der Waals surface area contributed by atoms with Gasteiger partial charge in [-0.1, -0.05) is 26.0 Å². The first-order valence-corrected chi connectivity index (χ1v) is 8.45. The summed E-state index contributed by atoms with van der Waals surface area (Å²) in [4.78, 5) is 23.0. The van der Waals surface area contributed by atoms with Gasteiger partial charge < -0.3 is 21.3 Å². The first-order valence-electron chi connectivity index (χ1n) is 8.45. The minimum Gasteiger partial charge on any atom is -0.360 e. The van der Waals surface area contributed by atoms with Crippen LogP contribution < -0.4 is 21.3 Å². The van der Waals surface area contributed by atoms with Crippen LogP contribution in [0, 0.1) is 0 Å². The van der Waals surface area contributed by atoms with Crippen molar-refractivity contribution < 1.29 is 9.59 Å². The number of anilines is 4. The number of benzene rings is 2. The van der Waals surface area contributed by atoms with Crippen LogP contribution in [0.1, 0.15) is 38.4 Å². The third kappa shape index (κ3) is 3.91. The molecule has 0 bridgehead atoms. The van der Waals surface area contributed by atoms with Crippen molar-refractivity contribution in [3.8, 4) is 0 Å². The van der Waals surface area contributed by atoms with Crippen LogP contribution in [-0.4, -0.2) is 11.8 Å². The SMILES string of the molecule is CCC(=O)Nc1ccc(C2Nc3ccc(NC(=O)CC)cc3N2)cc1. The van der Waals surface area contributed by atoms with E-state index in [4.69, 9.17) is 0 Å². The standard InChI is InChI=1S/C19H22N4O2/c1-3-17(24)20-13-7-5-12(6-8-13)19-22-15-10-9-14(11-16(15)23-19)21-18(25)4-2/h5-11,19,22-23H,3-4H2,1-2H3,(H,20,24)(H,21,25). The predicted molar refractivity (Wildman–Crippen MR) is 101 cm³/mol. The number of carbonyl (C=O) groups excluding carboxylic acids is 2. The van der Waals surface area contributed by atoms with Gasteiger partial charge in [0, 0.05) is 24.2 Å². The predicted octanol–water partition coefficient (Wildman–Crippen LogP) is 3.92. The van der Waals surface area contributed by atoms with E-state index in [0.717, 1.165) is 28.3 Å². The van der Waals surface area contributed by atoms with E-state index in [1.54, 1.807) is 0 Å². The van der Waals surface area contributed by atoms with Crippen LogP contribution >= 0.6 is 0 Å². The Kier molecular flexibility index (Phi) is 4.88. The lowest BCUT2D eigenvalue weighted by molar-refractivity contribution is -0.116. The summed E-state index contributed by atoms with van der Waals surface area (Å²) in [6, 6.07) is 13.5. The van der Waals surface area contributed by atoms with Gasteiger partial charge in [0.2, 0.25) is 11.8 Å². The fraction of sp³-hybridized carbons (Fsp3) is 0.263. The molecule has 0 fully saturated rings. The lowest BCUT2D eigenvalue weighted by Crippen LogP contribution is -2.13. The number of rotatable bonds is 5. The molecule has 1 unspecified atom stereocenters. The van der Waals surface area contributed by atoms with Crippen LogP contribution in [0.2, 0.25) is 0 Å². The van der Waals surface area contributed by atoms with Gasteiger partial charge >= 0.3 is 0 Å². The summed E-state index contributed by atoms with van der Waals surface area (Å²) in [6.07, 6.45) is 0.856. The summed E-state index contributed by atoms with van der Waals surface area (Å²) >= 11 is 0. The molecule has 1 heterocycles. The first-order chi connectivity index (χ1) is 12.1. The minimum atomic E-state index is -0.0527. The molecule has 0 aromatic heterocycles. The topological polar surface area (TPSA) is 82.3 Å². The molecule has 3 rings (SSSR count). The molecule has 0 aliphatic carbocycles. The number of amides is 2. The minimum absolute atomic E-state index is 0.000993. The Labute approximate surface area is 147 Å². The number of fused-ring (bicyclic) bond motifs is 1. The quantitative estimate of drug-likeness (QED) is 0.666. The second kappa shape index (κ2) is 7.25. The fourth-order valence-electron chi connectivity index (χ4n) is 2.64. The molecule has 130 valence electrons. The van der Waals surface area contributed by atoms with E-state index < -0.39 is 0 Å². The van der Waals surface area contributed by atoms with E-state index >= 15 is 0 Å². The zero-order valence-electron chi connectivity index (χ0n) is 14.3. The molecule has 25 heavy (non-hydrogen) atoms. The summed E-state index contributed by atoms with van der Waals surface area (Å²) in [5.41, 5.74) is 4.56. The Morgan fingerprint density at radius 2 is 1.40 bits per heavy atom. The maximum atomic E-state index is 11.5. The third-order valence-corrected chi connectivity index (χ3v) is 4.07. The Balaban J connectivity index is 1.69. The molecule has 0 radical (unpaired) electrons. The molecular weight excluding hydrogens is 316 g/mol. The molecule has 2 aromatic carbocycles. The molecule has 1 aliphatic rings. The van der Waals surface area contributed by atoms with Gasteiger partial charge in [0.1, 0.15) is 6.17 Å². The van der Waals surface area contributed by atoms with Crippen molar-refractivity contribution >= 4 is 34.6 Å². The molecule has 0 saturated heterocycles. The first kappa shape index (κ1) is 16.8. The normalized spacial score (nSPS) is 14.9. The van der Waals surface area contributed by atoms with E-state index in [1.807, 2.05) is 56.3 Å². The number of hydrogen-bond donors (Lipinski definition) is 4. The Morgan fingerprint density at radius 3 is 2.04 bits per heavy atom. The lowest BCUT2D eigenvalue weighted by atomic mass is 10.1. The van der Waals surface area contributed by atoms with Crippen LogP contribution in [0.5, 0.6) is 0 Å². The zero-order chi connectivity index (χ0) is 17.8. The van der Waals surface area contributed by atoms with Crippen LogP contribution in [0.3, 0.4) is 0 Å². The van der Waals surface area contributed by atoms with Crippen molar-refractivity contribution in [2.45, 2.75) is 32.9 Å². The van der Waals surface area contributed by atoms with E-state index in [2.05, 4.69) is 21.3 Å². The molecular formula is C19H22N4O2. The lowest BCUT2D eigenvalue weighted by Gasteiger charge is -2.13. The van der Waals surface area contributed by atoms with Crippen molar-refractivity contribution in [2.75, 3.05) is 21.3 Å². The molecule has 4 N–H and O–H groups in total. The van der Waals surface area contributed by atoms with E-state index in [9.17, 15) is 9.59 Å². The van der Waals surface area contributed by atoms with Crippen LogP contribution in [0.25, 0.3) is 0 Å². The van der Waals surface area contributed by atoms with Gasteiger partial charge in [-0.15, -0.1) is 0 Å². The average molecular weight is 338 g/mol. The van der Waals surface area contributed by atoms with Crippen molar-refractivity contribution in [1.82, 2.24) is 0 Å². The second-order valence-electron chi connectivity index (χ2n) is 5.91. The molecule has 2 aromatic rings. The molecule has 1 aliphatic heterocycles. The molecule has 1 atom stereocenters. The molecule has 0 saturated carbocycles. The highest BCUT2D eigenvalue weighted by molar-refractivity contribution is 5.92. The summed E-state index contributed by atoms with van der Waals surface area (Å²) < 4.78 is 0. The summed E-state index contributed by atoms with van der Waals surface area (Å²) in [5.74, 6) is -0.00824. The van der Waals surface area contributed by atoms with Gasteiger partial charge in [0.25, 0.3) is 0 Å². The Morgan fingerprint density at radius 1 is 0.840 bits per heavy atom. The van der Waals surface area contributed by atoms with Crippen molar-refractivity contribution in [3.05, 3.63) is 48.0 Å². The smallest absolute Gasteiger partial charge is 0.224 e. The maximum absolute atomic E-state index is 11.5. The van der Waals surface area contributed by atoms with E-state index in [-0.39, 0.29) is 18.0 Å². The Bertz CT molecular complexity index is 787. The van der Waals surface area contributed by atoms with Crippen molar-refractivity contribution in [1.29, 1.82) is 0 Å². The van der Waals surface area contributed by atoms with Crippen LogP contribution in [-0.2, 0) is 9.59 Å². The number of carbonyl (C=O) groups is 2. The van der Waals surface area contributed by atoms with Gasteiger partial charge in [0.15, 0.2) is 0 Å². The van der Waals surface area contributed by atoms with Gasteiger partial charge in [-0.05, 0) is 35.9 Å². The van der Waals surface area contributed by atoms with Crippen molar-refractivity contribution in [3.63, 3.8) is 0 Å². The van der Waals surface area contributed by atoms with E-state index in [0.29, 0.717) is 12.8 Å². The molecule has 2 amide bonds. The highest BCUT2D eigenvalue weighted by atomic mass is 16.2. The average Bonchev–Trinajstić information content (AvgIpc) is 3.05. The third-order valence-electron chi connectivity index (χ3n) is 4.07. The van der Waals surface area contributed by atoms with Crippen molar-refractivity contribution in [2.24, 2.45) is 0 Å². The summed E-state index contributed by atoms with van der Waals surface area (Å²) in [5, 5.41) is 12.5. The van der Waals surface area contributed by atoms with Crippen LogP contribution in [0.15, 0.2) is 42.5 Å². The second-order valence-corrected chi connectivity index (χ2v) is 5.91. The van der Waals surface area contributed by atoms with Gasteiger partial charge in [0.05, 0.1) is 11.4 Å². The maximum Gasteiger partial charge on any atom is 0.224 e. The summed E-state index contributed by atoms with van der Waals surface area (Å²) in [7, 11) is 0. The highest BCUT2D eigenvalue weighted by Gasteiger charge is 2.21. The monoisotopic (exact) mass is 338 g/mol. The van der Waals surface area contributed by atoms with Crippen LogP contribution in [0.4, 0.5) is 22.7 Å². The summed E-state index contributed by atoms with van der Waals surface area (Å²) in [6.45, 7) is 3.65. The highest BCUT2D eigenvalue weighted by Crippen LogP contribution is 2.37. The van der Waals surface area contributed by atoms with Gasteiger partial charge in [-0.2, -0.15) is 0 Å². The molecule has 0 spiro atoms. The van der Waals surface area contributed by atoms with Gasteiger partial charge in [-0.3, -0.25) is 9.59 Å². The number of hydrogen-bond acceptors (Lipinski definition) is 4. The van der Waals surface area contributed by atoms with E-state index in [1.165, 1.54) is 0 Å². The number of nitrogens with one attached hydrogen (secondary N) is 4. The fourth-order valence-corrected chi connectivity index (χ4v) is 2.64. The van der Waals surface area contributed by atoms with Gasteiger partial charge in [-0.25, -0.2) is 0 Å².